The van der Waals surface area contributed by atoms with Crippen molar-refractivity contribution in [3.63, 3.8) is 0 Å². The normalized spacial score (nSPS) is 11.4. The molecule has 1 N–H and O–H groups in total. The summed E-state index contributed by atoms with van der Waals surface area (Å²) in [7, 11) is 0. The van der Waals surface area contributed by atoms with E-state index in [1.165, 1.54) is 6.08 Å². The molecule has 64 valence electrons. The molecule has 0 aliphatic rings. The Kier molecular flexibility index (Phi) is 5.42. The smallest absolute Gasteiger partial charge is 0.333 e. The van der Waals surface area contributed by atoms with Crippen molar-refractivity contribution in [2.45, 2.75) is 13.8 Å². The van der Waals surface area contributed by atoms with Crippen LogP contribution in [0.3, 0.4) is 0 Å². The summed E-state index contributed by atoms with van der Waals surface area (Å²) in [5.41, 5.74) is 0.431. The molecule has 0 spiro atoms. The van der Waals surface area contributed by atoms with Crippen LogP contribution in [0, 0.1) is 0 Å². The van der Waals surface area contributed by atoms with Gasteiger partial charge in [-0.25, -0.2) is 9.68 Å². The molecular weight excluding hydrogens is 148 g/mol. The van der Waals surface area contributed by atoms with Crippen LogP contribution in [-0.2, 0) is 14.4 Å². The van der Waals surface area contributed by atoms with Gasteiger partial charge < -0.3 is 4.74 Å². The first kappa shape index (κ1) is 10.1. The molecule has 0 fully saturated rings. The number of carbonyl (C=O) groups is 1. The number of hydrogen-bond donors (Lipinski definition) is 1. The molecule has 0 saturated heterocycles. The molecule has 0 aromatic heterocycles. The predicted octanol–water partition coefficient (Wildman–Crippen LogP) is 0.985. The molecule has 0 atom stereocenters. The number of hydrogen-bond acceptors (Lipinski definition) is 4. The number of rotatable bonds is 4. The molecular formula is C7H12O4. The van der Waals surface area contributed by atoms with Crippen molar-refractivity contribution in [2.24, 2.45) is 0 Å². The minimum absolute atomic E-state index is 0.00461. The van der Waals surface area contributed by atoms with E-state index >= 15 is 0 Å². The lowest BCUT2D eigenvalue weighted by atomic mass is 10.3. The highest BCUT2D eigenvalue weighted by Gasteiger charge is 2.02. The topological polar surface area (TPSA) is 55.8 Å². The predicted molar refractivity (Wildman–Crippen MR) is 39.0 cm³/mol. The van der Waals surface area contributed by atoms with Gasteiger partial charge in [0.15, 0.2) is 0 Å². The van der Waals surface area contributed by atoms with Crippen LogP contribution < -0.4 is 0 Å². The molecule has 0 bridgehead atoms. The standard InChI is InChI=1S/C7H12O4/c1-3-10-7(8)6(2)4-5-11-9/h4,9H,3,5H2,1-2H3. The van der Waals surface area contributed by atoms with Crippen LogP contribution in [-0.4, -0.2) is 24.4 Å². The van der Waals surface area contributed by atoms with Gasteiger partial charge in [0.2, 0.25) is 0 Å². The van der Waals surface area contributed by atoms with Crippen molar-refractivity contribution in [2.75, 3.05) is 13.2 Å². The highest BCUT2D eigenvalue weighted by Crippen LogP contribution is 1.95. The van der Waals surface area contributed by atoms with Crippen molar-refractivity contribution in [1.82, 2.24) is 0 Å². The minimum atomic E-state index is -0.385. The number of ether oxygens (including phenoxy) is 1. The molecule has 0 aromatic carbocycles. The third kappa shape index (κ3) is 4.52. The molecule has 4 heteroatoms. The van der Waals surface area contributed by atoms with Crippen molar-refractivity contribution in [1.29, 1.82) is 0 Å². The summed E-state index contributed by atoms with van der Waals surface area (Å²) in [5, 5.41) is 7.93. The third-order valence-electron chi connectivity index (χ3n) is 1.06. The van der Waals surface area contributed by atoms with Gasteiger partial charge in [0.05, 0.1) is 6.61 Å². The average molecular weight is 160 g/mol. The Bertz CT molecular complexity index is 151. The second-order valence-corrected chi connectivity index (χ2v) is 1.90. The van der Waals surface area contributed by atoms with Gasteiger partial charge in [-0.3, -0.25) is 5.26 Å². The van der Waals surface area contributed by atoms with Crippen LogP contribution in [0.5, 0.6) is 0 Å². The van der Waals surface area contributed by atoms with E-state index in [2.05, 4.69) is 9.62 Å². The van der Waals surface area contributed by atoms with Gasteiger partial charge in [-0.2, -0.15) is 0 Å². The van der Waals surface area contributed by atoms with Gasteiger partial charge in [-0.05, 0) is 19.9 Å². The maximum atomic E-state index is 10.8. The van der Waals surface area contributed by atoms with Crippen LogP contribution in [0.4, 0.5) is 0 Å². The fourth-order valence-corrected chi connectivity index (χ4v) is 0.491. The van der Waals surface area contributed by atoms with Gasteiger partial charge in [0, 0.05) is 5.57 Å². The molecule has 0 aliphatic carbocycles. The minimum Gasteiger partial charge on any atom is -0.463 e. The Hall–Kier alpha value is -0.870. The monoisotopic (exact) mass is 160 g/mol. The fourth-order valence-electron chi connectivity index (χ4n) is 0.491. The van der Waals surface area contributed by atoms with Crippen molar-refractivity contribution < 1.29 is 19.7 Å². The Morgan fingerprint density at radius 2 is 2.27 bits per heavy atom. The SMILES string of the molecule is CCOC(=O)C(C)=CCOO. The second-order valence-electron chi connectivity index (χ2n) is 1.90. The summed E-state index contributed by atoms with van der Waals surface area (Å²) in [6.45, 7) is 3.68. The molecule has 0 heterocycles. The van der Waals surface area contributed by atoms with Crippen LogP contribution >= 0.6 is 0 Å². The maximum Gasteiger partial charge on any atom is 0.333 e. The lowest BCUT2D eigenvalue weighted by Crippen LogP contribution is -2.05. The van der Waals surface area contributed by atoms with Gasteiger partial charge >= 0.3 is 5.97 Å². The second kappa shape index (κ2) is 5.88. The Morgan fingerprint density at radius 1 is 1.64 bits per heavy atom. The third-order valence-corrected chi connectivity index (χ3v) is 1.06. The summed E-state index contributed by atoms with van der Waals surface area (Å²) in [6.07, 6.45) is 1.44. The first-order valence-electron chi connectivity index (χ1n) is 3.32. The number of carbonyl (C=O) groups excluding carboxylic acids is 1. The van der Waals surface area contributed by atoms with Gasteiger partial charge in [-0.15, -0.1) is 0 Å². The van der Waals surface area contributed by atoms with Gasteiger partial charge in [0.25, 0.3) is 0 Å². The summed E-state index contributed by atoms with van der Waals surface area (Å²) >= 11 is 0. The Labute approximate surface area is 65.4 Å². The van der Waals surface area contributed by atoms with E-state index in [4.69, 9.17) is 5.26 Å². The maximum absolute atomic E-state index is 10.8. The van der Waals surface area contributed by atoms with E-state index in [1.54, 1.807) is 13.8 Å². The zero-order chi connectivity index (χ0) is 8.69. The quantitative estimate of drug-likeness (QED) is 0.288. The van der Waals surface area contributed by atoms with Crippen molar-refractivity contribution in [3.8, 4) is 0 Å². The van der Waals surface area contributed by atoms with E-state index in [1.807, 2.05) is 0 Å². The summed E-state index contributed by atoms with van der Waals surface area (Å²) in [6, 6.07) is 0. The lowest BCUT2D eigenvalue weighted by Gasteiger charge is -1.99. The molecule has 0 aliphatic heterocycles. The van der Waals surface area contributed by atoms with Crippen LogP contribution in [0.1, 0.15) is 13.8 Å². The molecule has 0 unspecified atom stereocenters. The largest absolute Gasteiger partial charge is 0.463 e. The molecule has 0 saturated carbocycles. The van der Waals surface area contributed by atoms with E-state index in [0.29, 0.717) is 12.2 Å². The van der Waals surface area contributed by atoms with Crippen molar-refractivity contribution >= 4 is 5.97 Å². The lowest BCUT2D eigenvalue weighted by molar-refractivity contribution is -0.232. The zero-order valence-corrected chi connectivity index (χ0v) is 6.66. The molecule has 0 radical (unpaired) electrons. The first-order chi connectivity index (χ1) is 5.22. The summed E-state index contributed by atoms with van der Waals surface area (Å²) in [4.78, 5) is 14.6. The van der Waals surface area contributed by atoms with Crippen LogP contribution in [0.15, 0.2) is 11.6 Å². The van der Waals surface area contributed by atoms with Gasteiger partial charge in [-0.1, -0.05) is 0 Å². The van der Waals surface area contributed by atoms with E-state index in [0.717, 1.165) is 0 Å². The molecule has 11 heavy (non-hydrogen) atoms. The Balaban J connectivity index is 3.80. The highest BCUT2D eigenvalue weighted by atomic mass is 17.1. The van der Waals surface area contributed by atoms with E-state index in [-0.39, 0.29) is 12.6 Å². The fraction of sp³-hybridized carbons (Fsp3) is 0.571. The van der Waals surface area contributed by atoms with Crippen LogP contribution in [0.25, 0.3) is 0 Å². The molecule has 0 aromatic rings. The van der Waals surface area contributed by atoms with E-state index < -0.39 is 0 Å². The molecule has 0 amide bonds. The molecule has 0 rings (SSSR count). The Morgan fingerprint density at radius 3 is 2.73 bits per heavy atom. The first-order valence-corrected chi connectivity index (χ1v) is 3.32. The number of esters is 1. The van der Waals surface area contributed by atoms with Crippen LogP contribution in [0.2, 0.25) is 0 Å². The molecule has 4 nitrogen and oxygen atoms in total. The van der Waals surface area contributed by atoms with Crippen molar-refractivity contribution in [3.05, 3.63) is 11.6 Å². The average Bonchev–Trinajstić information content (AvgIpc) is 2.00. The zero-order valence-electron chi connectivity index (χ0n) is 6.66. The van der Waals surface area contributed by atoms with E-state index in [9.17, 15) is 4.79 Å². The summed E-state index contributed by atoms with van der Waals surface area (Å²) < 4.78 is 4.66. The van der Waals surface area contributed by atoms with Gasteiger partial charge in [0.1, 0.15) is 6.61 Å². The summed E-state index contributed by atoms with van der Waals surface area (Å²) in [5.74, 6) is -0.385. The highest BCUT2D eigenvalue weighted by molar-refractivity contribution is 5.87.